The van der Waals surface area contributed by atoms with Crippen LogP contribution in [0.2, 0.25) is 0 Å². The second kappa shape index (κ2) is 25.5. The maximum atomic E-state index is 14.3. The minimum absolute atomic E-state index is 0.00363. The van der Waals surface area contributed by atoms with E-state index < -0.39 is 23.9 Å². The van der Waals surface area contributed by atoms with Crippen LogP contribution in [-0.2, 0) is 35.5 Å². The quantitative estimate of drug-likeness (QED) is 0.0830. The molecule has 20 nitrogen and oxygen atoms in total. The van der Waals surface area contributed by atoms with Crippen molar-refractivity contribution >= 4 is 68.5 Å². The van der Waals surface area contributed by atoms with Crippen molar-refractivity contribution in [3.05, 3.63) is 138 Å². The molecule has 4 fully saturated rings. The number of rotatable bonds is 17. The molecular formula is C68H75FN14O6. The number of aliphatic hydroxyl groups excluding tert-OH is 1. The van der Waals surface area contributed by atoms with Crippen LogP contribution >= 0.6 is 0 Å². The van der Waals surface area contributed by atoms with E-state index >= 15 is 0 Å². The normalized spacial score (nSPS) is 22.1. The molecule has 2 unspecified atom stereocenters. The molecule has 6 aliphatic heterocycles. The maximum Gasteiger partial charge on any atom is 0.318 e. The predicted octanol–water partition coefficient (Wildman–Crippen LogP) is 7.88. The summed E-state index contributed by atoms with van der Waals surface area (Å²) < 4.78 is 27.6. The van der Waals surface area contributed by atoms with E-state index in [4.69, 9.17) is 29.4 Å². The van der Waals surface area contributed by atoms with Crippen molar-refractivity contribution in [2.24, 2.45) is 0 Å². The Kier molecular flexibility index (Phi) is 17.2. The fourth-order valence-electron chi connectivity index (χ4n) is 14.4. The van der Waals surface area contributed by atoms with E-state index in [1.165, 1.54) is 11.0 Å². The Labute approximate surface area is 518 Å². The van der Waals surface area contributed by atoms with Gasteiger partial charge in [0.1, 0.15) is 30.6 Å². The van der Waals surface area contributed by atoms with Crippen LogP contribution in [0.3, 0.4) is 0 Å². The first-order chi connectivity index (χ1) is 43.1. The number of halogens is 1. The van der Waals surface area contributed by atoms with E-state index in [1.807, 2.05) is 37.4 Å². The van der Waals surface area contributed by atoms with Crippen LogP contribution in [0.5, 0.6) is 17.8 Å². The number of nitriles is 2. The number of likely N-dealkylation sites (N-methyl/N-ethyl adjacent to an activating group) is 2. The predicted molar refractivity (Wildman–Crippen MR) is 341 cm³/mol. The number of hydrogen-bond acceptors (Lipinski definition) is 18. The summed E-state index contributed by atoms with van der Waals surface area (Å²) in [5, 5.41) is 45.3. The Morgan fingerprint density at radius 2 is 1.24 bits per heavy atom. The number of carbonyl (C=O) groups excluding carboxylic acids is 2. The van der Waals surface area contributed by atoms with Gasteiger partial charge in [-0.25, -0.2) is 4.39 Å². The van der Waals surface area contributed by atoms with Gasteiger partial charge in [-0.05, 0) is 97.9 Å². The fourth-order valence-corrected chi connectivity index (χ4v) is 14.4. The number of β-amino-alcohol motifs (C(OH)–C–C–N with tert-alkyl or cyclic N) is 1. The van der Waals surface area contributed by atoms with Gasteiger partial charge < -0.3 is 49.1 Å². The second-order valence-corrected chi connectivity index (χ2v) is 24.2. The SMILES string of the molecule is C=CC(=O)N1CCN(c2nc(OC[C@@H]3CC(O)CN3C)nc3c2CCN(c2cc(C4CC[C@@H](COc5nc6c(c(N7CCN(C(=O)C(=C)F)[C@@H](CC#N)C7)n5)CCN(c5cc(O)cc7cccc(C=C)c57)C6)N4C)cc4cccc(C=C)c24)C3)C[C@@H]1CC#N. The lowest BCUT2D eigenvalue weighted by Gasteiger charge is -2.42. The maximum absolute atomic E-state index is 14.3. The summed E-state index contributed by atoms with van der Waals surface area (Å²) in [6, 6.07) is 24.4. The Hall–Kier alpha value is -9.15. The molecule has 0 spiro atoms. The third kappa shape index (κ3) is 11.9. The van der Waals surface area contributed by atoms with Crippen LogP contribution in [0.1, 0.15) is 77.4 Å². The van der Waals surface area contributed by atoms with Crippen molar-refractivity contribution in [2.75, 3.05) is 106 Å². The molecule has 0 bridgehead atoms. The van der Waals surface area contributed by atoms with Crippen LogP contribution in [0.15, 0.2) is 98.9 Å². The highest BCUT2D eigenvalue weighted by atomic mass is 19.1. The molecule has 0 saturated carbocycles. The number of aromatic hydroxyl groups is 1. The van der Waals surface area contributed by atoms with Crippen molar-refractivity contribution in [2.45, 2.75) is 94.3 Å². The number of anilines is 4. The Balaban J connectivity index is 0.834. The van der Waals surface area contributed by atoms with Gasteiger partial charge in [-0.2, -0.15) is 30.5 Å². The van der Waals surface area contributed by atoms with Crippen LogP contribution in [0, 0.1) is 22.7 Å². The van der Waals surface area contributed by atoms with E-state index in [9.17, 15) is 34.7 Å². The standard InChI is InChI=1S/C68H75FN14O6/c1-7-43-12-10-14-45-30-47(32-59(62(43)45)78-24-20-54-56(38-78)73-68(89-41-51-33-53(85)37-76(51)5)75-64(54)80-26-28-82(61(86)9-3)48(35-80)18-22-70)58-17-16-50(77(58)6)40-88-67-72-57-39-79(60-34-52(84)31-46-15-11-13-44(8-2)63(46)60)25-21-55(57)65(74-67)81-27-29-83(66(87)42(4)69)49(36-81)19-23-71/h7-15,30-32,34,48-51,53,58,84-85H,1-4,16-21,24-29,33,35-41H2,5-6H3/t48-,49-,50-,51-,53?,58?/m0/s1. The molecular weight excluding hydrogens is 1130 g/mol. The Morgan fingerprint density at radius 3 is 1.78 bits per heavy atom. The molecule has 6 aliphatic rings. The number of benzene rings is 4. The number of piperazine rings is 2. The van der Waals surface area contributed by atoms with Gasteiger partial charge in [0.05, 0.1) is 67.6 Å². The molecule has 2 N–H and O–H groups in total. The second-order valence-electron chi connectivity index (χ2n) is 24.2. The smallest absolute Gasteiger partial charge is 0.318 e. The van der Waals surface area contributed by atoms with Crippen LogP contribution < -0.4 is 29.1 Å². The zero-order chi connectivity index (χ0) is 62.2. The van der Waals surface area contributed by atoms with Gasteiger partial charge in [-0.1, -0.05) is 74.9 Å². The fraction of sp³-hybridized carbons (Fsp3) is 0.412. The third-order valence-corrected chi connectivity index (χ3v) is 19.0. The monoisotopic (exact) mass is 1200 g/mol. The number of aromatic nitrogens is 4. The largest absolute Gasteiger partial charge is 0.508 e. The van der Waals surface area contributed by atoms with Gasteiger partial charge in [-0.15, -0.1) is 0 Å². The summed E-state index contributed by atoms with van der Waals surface area (Å²) in [7, 11) is 4.12. The molecule has 0 radical (unpaired) electrons. The van der Waals surface area contributed by atoms with Crippen LogP contribution in [-0.4, -0.2) is 178 Å². The minimum atomic E-state index is -1.07. The molecule has 0 aliphatic carbocycles. The summed E-state index contributed by atoms with van der Waals surface area (Å²) in [4.78, 5) is 62.9. The van der Waals surface area contributed by atoms with E-state index in [1.54, 1.807) is 17.0 Å². The molecule has 6 aromatic rings. The van der Waals surface area contributed by atoms with E-state index in [2.05, 4.69) is 105 Å². The number of hydrogen-bond donors (Lipinski definition) is 2. The number of carbonyl (C=O) groups is 2. The zero-order valence-electron chi connectivity index (χ0n) is 50.6. The zero-order valence-corrected chi connectivity index (χ0v) is 50.6. The van der Waals surface area contributed by atoms with Crippen molar-refractivity contribution in [1.82, 2.24) is 39.5 Å². The summed E-state index contributed by atoms with van der Waals surface area (Å²) in [6.45, 7) is 20.6. The average Bonchev–Trinajstić information content (AvgIpc) is 2.68. The first kappa shape index (κ1) is 60.1. The summed E-state index contributed by atoms with van der Waals surface area (Å²) >= 11 is 0. The number of ether oxygens (including phenoxy) is 2. The van der Waals surface area contributed by atoms with Crippen molar-refractivity contribution in [3.63, 3.8) is 0 Å². The lowest BCUT2D eigenvalue weighted by atomic mass is 9.94. The minimum Gasteiger partial charge on any atom is -0.508 e. The van der Waals surface area contributed by atoms with Crippen molar-refractivity contribution < 1.29 is 33.7 Å². The molecule has 2 aromatic heterocycles. The highest BCUT2D eigenvalue weighted by molar-refractivity contribution is 6.02. The van der Waals surface area contributed by atoms with Gasteiger partial charge in [0, 0.05) is 116 Å². The molecule has 21 heteroatoms. The lowest BCUT2D eigenvalue weighted by Crippen LogP contribution is -2.55. The number of fused-ring (bicyclic) bond motifs is 4. The number of nitrogens with zero attached hydrogens (tertiary/aromatic N) is 14. The lowest BCUT2D eigenvalue weighted by molar-refractivity contribution is -0.131. The van der Waals surface area contributed by atoms with Crippen LogP contribution in [0.4, 0.5) is 27.4 Å². The molecule has 2 amide bonds. The molecule has 460 valence electrons. The molecule has 89 heavy (non-hydrogen) atoms. The first-order valence-corrected chi connectivity index (χ1v) is 30.7. The number of amides is 2. The summed E-state index contributed by atoms with van der Waals surface area (Å²) in [5.41, 5.74) is 8.53. The van der Waals surface area contributed by atoms with E-state index in [-0.39, 0.29) is 80.4 Å². The number of phenols is 1. The van der Waals surface area contributed by atoms with Crippen molar-refractivity contribution in [1.29, 1.82) is 10.5 Å². The van der Waals surface area contributed by atoms with Crippen LogP contribution in [0.25, 0.3) is 33.7 Å². The first-order valence-electron chi connectivity index (χ1n) is 30.7. The van der Waals surface area contributed by atoms with E-state index in [0.29, 0.717) is 90.6 Å². The number of aliphatic hydroxyl groups is 1. The molecule has 8 heterocycles. The Bertz CT molecular complexity index is 3890. The topological polar surface area (TPSA) is 218 Å². The highest BCUT2D eigenvalue weighted by Crippen LogP contribution is 2.44. The number of phenolic OH excluding ortho intramolecular Hbond substituents is 1. The summed E-state index contributed by atoms with van der Waals surface area (Å²) in [6.07, 6.45) is 8.20. The average molecular weight is 1200 g/mol. The molecule has 4 aromatic carbocycles. The summed E-state index contributed by atoms with van der Waals surface area (Å²) in [5.74, 6) is -0.548. The number of likely N-dealkylation sites (tertiary alicyclic amines) is 2. The van der Waals surface area contributed by atoms with Gasteiger partial charge in [-0.3, -0.25) is 19.4 Å². The van der Waals surface area contributed by atoms with E-state index in [0.717, 1.165) is 90.8 Å². The van der Waals surface area contributed by atoms with Gasteiger partial charge in [0.15, 0.2) is 5.83 Å². The van der Waals surface area contributed by atoms with Gasteiger partial charge in [0.2, 0.25) is 5.91 Å². The highest BCUT2D eigenvalue weighted by Gasteiger charge is 2.39. The molecule has 4 saturated heterocycles. The molecule has 6 atom stereocenters. The van der Waals surface area contributed by atoms with Gasteiger partial charge >= 0.3 is 12.0 Å². The molecule has 12 rings (SSSR count). The van der Waals surface area contributed by atoms with Gasteiger partial charge in [0.25, 0.3) is 5.91 Å². The Morgan fingerprint density at radius 1 is 0.685 bits per heavy atom. The third-order valence-electron chi connectivity index (χ3n) is 19.0. The van der Waals surface area contributed by atoms with Crippen molar-refractivity contribution in [3.8, 4) is 29.9 Å².